The van der Waals surface area contributed by atoms with Crippen LogP contribution in [0.5, 0.6) is 0 Å². The van der Waals surface area contributed by atoms with E-state index in [1.165, 1.54) is 30.4 Å². The standard InChI is InChI=1S/C37H45ClN4O2/c38-32-19-16-29(17-20-32)18-21-36(43)39-27-33-22-26-42(37(44)35(40-33)15-10-25-41-23-8-3-9-24-41)28-34(30-11-4-1-5-12-30)31-13-6-2-7-14-31/h1-2,4-7,11-14,16-21,33-35,40H,3,8-10,15,22-28H2,(H,39,43). The predicted octanol–water partition coefficient (Wildman–Crippen LogP) is 6.13. The molecule has 2 atom stereocenters. The van der Waals surface area contributed by atoms with Gasteiger partial charge in [-0.1, -0.05) is 90.8 Å². The SMILES string of the molecule is O=C(C=Cc1ccc(Cl)cc1)NCC1CCN(CC(c2ccccc2)c2ccccc2)C(=O)C(CCCN2CCCCC2)N1. The van der Waals surface area contributed by atoms with Crippen LogP contribution in [0.1, 0.15) is 61.1 Å². The minimum atomic E-state index is -0.277. The molecule has 2 amide bonds. The second kappa shape index (κ2) is 16.6. The molecule has 0 aliphatic carbocycles. The molecule has 44 heavy (non-hydrogen) atoms. The molecule has 2 aliphatic heterocycles. The molecule has 2 unspecified atom stereocenters. The van der Waals surface area contributed by atoms with Crippen LogP contribution >= 0.6 is 11.6 Å². The third kappa shape index (κ3) is 9.52. The normalized spacial score (nSPS) is 19.8. The first-order valence-electron chi connectivity index (χ1n) is 16.1. The van der Waals surface area contributed by atoms with E-state index in [4.69, 9.17) is 11.6 Å². The lowest BCUT2D eigenvalue weighted by molar-refractivity contribution is -0.133. The summed E-state index contributed by atoms with van der Waals surface area (Å²) in [5.74, 6) is 0.102. The van der Waals surface area contributed by atoms with E-state index in [1.807, 2.05) is 36.4 Å². The Kier molecular flexibility index (Phi) is 12.0. The van der Waals surface area contributed by atoms with Crippen molar-refractivity contribution in [2.45, 2.75) is 56.5 Å². The molecule has 6 nitrogen and oxygen atoms in total. The van der Waals surface area contributed by atoms with E-state index in [2.05, 4.69) is 69.0 Å². The second-order valence-corrected chi connectivity index (χ2v) is 12.5. The third-order valence-electron chi connectivity index (χ3n) is 8.84. The largest absolute Gasteiger partial charge is 0.351 e. The monoisotopic (exact) mass is 612 g/mol. The molecule has 2 heterocycles. The number of benzene rings is 3. The third-order valence-corrected chi connectivity index (χ3v) is 9.09. The summed E-state index contributed by atoms with van der Waals surface area (Å²) in [7, 11) is 0. The summed E-state index contributed by atoms with van der Waals surface area (Å²) in [6.07, 6.45) is 9.72. The van der Waals surface area contributed by atoms with Crippen LogP contribution in [-0.4, -0.2) is 73.0 Å². The Labute approximate surface area is 267 Å². The highest BCUT2D eigenvalue weighted by Crippen LogP contribution is 2.27. The fourth-order valence-electron chi connectivity index (χ4n) is 6.36. The van der Waals surface area contributed by atoms with Crippen LogP contribution in [0.15, 0.2) is 91.0 Å². The average molecular weight is 613 g/mol. The highest BCUT2D eigenvalue weighted by atomic mass is 35.5. The number of nitrogens with one attached hydrogen (secondary N) is 2. The fraction of sp³-hybridized carbons (Fsp3) is 0.405. The zero-order chi connectivity index (χ0) is 30.6. The van der Waals surface area contributed by atoms with Crippen LogP contribution in [0.25, 0.3) is 6.08 Å². The summed E-state index contributed by atoms with van der Waals surface area (Å²) in [4.78, 5) is 31.4. The Morgan fingerprint density at radius 3 is 2.23 bits per heavy atom. The van der Waals surface area contributed by atoms with Crippen molar-refractivity contribution >= 4 is 29.5 Å². The summed E-state index contributed by atoms with van der Waals surface area (Å²) in [5.41, 5.74) is 3.34. The lowest BCUT2D eigenvalue weighted by Gasteiger charge is -2.30. The molecule has 0 spiro atoms. The van der Waals surface area contributed by atoms with E-state index in [9.17, 15) is 9.59 Å². The van der Waals surface area contributed by atoms with Crippen molar-refractivity contribution in [3.63, 3.8) is 0 Å². The molecule has 5 rings (SSSR count). The maximum atomic E-state index is 14.1. The van der Waals surface area contributed by atoms with E-state index in [0.717, 1.165) is 44.5 Å². The van der Waals surface area contributed by atoms with Gasteiger partial charge in [-0.05, 0) is 86.6 Å². The van der Waals surface area contributed by atoms with Crippen LogP contribution in [-0.2, 0) is 9.59 Å². The van der Waals surface area contributed by atoms with Crippen LogP contribution in [0.4, 0.5) is 0 Å². The summed E-state index contributed by atoms with van der Waals surface area (Å²) in [6.45, 7) is 5.08. The molecule has 0 aromatic heterocycles. The van der Waals surface area contributed by atoms with E-state index in [-0.39, 0.29) is 29.8 Å². The number of likely N-dealkylation sites (tertiary alicyclic amines) is 1. The molecule has 2 fully saturated rings. The zero-order valence-electron chi connectivity index (χ0n) is 25.5. The van der Waals surface area contributed by atoms with Crippen molar-refractivity contribution in [3.8, 4) is 0 Å². The molecular weight excluding hydrogens is 568 g/mol. The van der Waals surface area contributed by atoms with Crippen molar-refractivity contribution in [2.75, 3.05) is 39.3 Å². The van der Waals surface area contributed by atoms with Crippen LogP contribution in [0.3, 0.4) is 0 Å². The Bertz CT molecular complexity index is 1300. The average Bonchev–Trinajstić information content (AvgIpc) is 3.21. The Morgan fingerprint density at radius 2 is 1.57 bits per heavy atom. The number of halogens is 1. The number of amides is 2. The van der Waals surface area contributed by atoms with Gasteiger partial charge in [-0.25, -0.2) is 0 Å². The molecule has 0 radical (unpaired) electrons. The predicted molar refractivity (Wildman–Crippen MR) is 180 cm³/mol. The number of carbonyl (C=O) groups is 2. The second-order valence-electron chi connectivity index (χ2n) is 12.0. The van der Waals surface area contributed by atoms with Gasteiger partial charge in [-0.2, -0.15) is 0 Å². The number of piperidine rings is 1. The topological polar surface area (TPSA) is 64.7 Å². The van der Waals surface area contributed by atoms with Gasteiger partial charge in [-0.3, -0.25) is 9.59 Å². The number of carbonyl (C=O) groups excluding carboxylic acids is 2. The molecular formula is C37H45ClN4O2. The van der Waals surface area contributed by atoms with Crippen molar-refractivity contribution in [1.82, 2.24) is 20.4 Å². The lowest BCUT2D eigenvalue weighted by atomic mass is 9.90. The van der Waals surface area contributed by atoms with E-state index >= 15 is 0 Å². The first kappa shape index (κ1) is 32.0. The van der Waals surface area contributed by atoms with E-state index in [0.29, 0.717) is 24.7 Å². The smallest absolute Gasteiger partial charge is 0.244 e. The molecule has 0 bridgehead atoms. The Balaban J connectivity index is 1.26. The number of hydrogen-bond donors (Lipinski definition) is 2. The van der Waals surface area contributed by atoms with E-state index < -0.39 is 0 Å². The number of hydrogen-bond acceptors (Lipinski definition) is 4. The van der Waals surface area contributed by atoms with Gasteiger partial charge in [0.1, 0.15) is 0 Å². The van der Waals surface area contributed by atoms with Gasteiger partial charge in [0.05, 0.1) is 6.04 Å². The van der Waals surface area contributed by atoms with Crippen molar-refractivity contribution in [2.24, 2.45) is 0 Å². The van der Waals surface area contributed by atoms with Gasteiger partial charge >= 0.3 is 0 Å². The van der Waals surface area contributed by atoms with Crippen LogP contribution in [0.2, 0.25) is 5.02 Å². The maximum absolute atomic E-state index is 14.1. The first-order valence-corrected chi connectivity index (χ1v) is 16.5. The molecule has 3 aromatic rings. The molecule has 2 aliphatic rings. The highest BCUT2D eigenvalue weighted by molar-refractivity contribution is 6.30. The Morgan fingerprint density at radius 1 is 0.909 bits per heavy atom. The van der Waals surface area contributed by atoms with Gasteiger partial charge < -0.3 is 20.4 Å². The summed E-state index contributed by atoms with van der Waals surface area (Å²) in [5, 5.41) is 7.38. The zero-order valence-corrected chi connectivity index (χ0v) is 26.3. The van der Waals surface area contributed by atoms with Gasteiger partial charge in [-0.15, -0.1) is 0 Å². The van der Waals surface area contributed by atoms with Crippen LogP contribution < -0.4 is 10.6 Å². The molecule has 2 N–H and O–H groups in total. The van der Waals surface area contributed by atoms with Crippen molar-refractivity contribution in [3.05, 3.63) is 113 Å². The Hall–Kier alpha value is -3.45. The van der Waals surface area contributed by atoms with Gasteiger partial charge in [0.25, 0.3) is 0 Å². The lowest BCUT2D eigenvalue weighted by Crippen LogP contribution is -2.49. The number of nitrogens with zero attached hydrogens (tertiary/aromatic N) is 2. The quantitative estimate of drug-likeness (QED) is 0.242. The number of rotatable bonds is 12. The molecule has 232 valence electrons. The summed E-state index contributed by atoms with van der Waals surface area (Å²) >= 11 is 5.98. The minimum Gasteiger partial charge on any atom is -0.351 e. The van der Waals surface area contributed by atoms with Gasteiger partial charge in [0.2, 0.25) is 11.8 Å². The van der Waals surface area contributed by atoms with E-state index in [1.54, 1.807) is 12.2 Å². The van der Waals surface area contributed by atoms with Crippen molar-refractivity contribution in [1.29, 1.82) is 0 Å². The maximum Gasteiger partial charge on any atom is 0.244 e. The molecule has 7 heteroatoms. The molecule has 0 saturated carbocycles. The first-order chi connectivity index (χ1) is 21.5. The van der Waals surface area contributed by atoms with Crippen LogP contribution in [0, 0.1) is 0 Å². The summed E-state index contributed by atoms with van der Waals surface area (Å²) < 4.78 is 0. The highest BCUT2D eigenvalue weighted by Gasteiger charge is 2.32. The summed E-state index contributed by atoms with van der Waals surface area (Å²) in [6, 6.07) is 28.1. The van der Waals surface area contributed by atoms with Crippen molar-refractivity contribution < 1.29 is 9.59 Å². The van der Waals surface area contributed by atoms with Gasteiger partial charge in [0.15, 0.2) is 0 Å². The van der Waals surface area contributed by atoms with Gasteiger partial charge in [0, 0.05) is 42.7 Å². The fourth-order valence-corrected chi connectivity index (χ4v) is 6.48. The minimum absolute atomic E-state index is 0.00344. The molecule has 2 saturated heterocycles. The molecule has 3 aromatic carbocycles.